The molecule has 7 heteroatoms. The summed E-state index contributed by atoms with van der Waals surface area (Å²) >= 11 is 12.0. The molecule has 0 atom stereocenters. The highest BCUT2D eigenvalue weighted by molar-refractivity contribution is 6.42. The monoisotopic (exact) mass is 516 g/mol. The molecule has 4 aromatic carbocycles. The lowest BCUT2D eigenvalue weighted by molar-refractivity contribution is 0.306. The molecule has 0 unspecified atom stereocenters. The van der Waals surface area contributed by atoms with E-state index in [0.717, 1.165) is 11.1 Å². The van der Waals surface area contributed by atoms with E-state index in [1.807, 2.05) is 42.5 Å². The Balaban J connectivity index is 1.42. The molecule has 178 valence electrons. The second-order valence-corrected chi connectivity index (χ2v) is 8.86. The minimum Gasteiger partial charge on any atom is -0.489 e. The second kappa shape index (κ2) is 10.4. The number of hydrogen-bond acceptors (Lipinski definition) is 3. The number of nitrogens with zero attached hydrogens (tertiary/aromatic N) is 2. The number of hydrogen-bond donors (Lipinski definition) is 0. The van der Waals surface area contributed by atoms with Crippen LogP contribution in [0.3, 0.4) is 0 Å². The van der Waals surface area contributed by atoms with E-state index >= 15 is 0 Å². The second-order valence-electron chi connectivity index (χ2n) is 8.05. The van der Waals surface area contributed by atoms with Gasteiger partial charge in [0.25, 0.3) is 5.56 Å². The molecule has 36 heavy (non-hydrogen) atoms. The number of rotatable bonds is 6. The summed E-state index contributed by atoms with van der Waals surface area (Å²) in [7, 11) is 0. The molecule has 4 nitrogen and oxygen atoms in total. The van der Waals surface area contributed by atoms with Crippen molar-refractivity contribution >= 4 is 46.3 Å². The van der Waals surface area contributed by atoms with Crippen molar-refractivity contribution in [3.8, 4) is 11.4 Å². The molecule has 0 radical (unpaired) electrons. The number of fused-ring (bicyclic) bond motifs is 1. The predicted molar refractivity (Wildman–Crippen MR) is 143 cm³/mol. The molecule has 0 N–H and O–H groups in total. The zero-order valence-corrected chi connectivity index (χ0v) is 20.4. The van der Waals surface area contributed by atoms with Gasteiger partial charge in [-0.2, -0.15) is 0 Å². The van der Waals surface area contributed by atoms with Crippen LogP contribution in [-0.2, 0) is 6.61 Å². The van der Waals surface area contributed by atoms with Gasteiger partial charge in [0.05, 0.1) is 26.6 Å². The fourth-order valence-corrected chi connectivity index (χ4v) is 4.09. The minimum atomic E-state index is -0.432. The van der Waals surface area contributed by atoms with E-state index in [1.165, 1.54) is 16.7 Å². The fraction of sp³-hybridized carbons (Fsp3) is 0.0345. The number of halogens is 3. The van der Waals surface area contributed by atoms with Crippen molar-refractivity contribution < 1.29 is 9.13 Å². The van der Waals surface area contributed by atoms with Crippen molar-refractivity contribution in [1.82, 2.24) is 9.55 Å². The first-order valence-corrected chi connectivity index (χ1v) is 11.9. The molecule has 0 spiro atoms. The van der Waals surface area contributed by atoms with E-state index in [2.05, 4.69) is 4.98 Å². The van der Waals surface area contributed by atoms with Gasteiger partial charge in [0, 0.05) is 0 Å². The van der Waals surface area contributed by atoms with Gasteiger partial charge in [-0.1, -0.05) is 65.7 Å². The van der Waals surface area contributed by atoms with Gasteiger partial charge in [0.15, 0.2) is 0 Å². The third-order valence-electron chi connectivity index (χ3n) is 5.56. The zero-order chi connectivity index (χ0) is 25.1. The molecule has 0 aliphatic heterocycles. The summed E-state index contributed by atoms with van der Waals surface area (Å²) in [5.74, 6) is 0.655. The van der Waals surface area contributed by atoms with Crippen molar-refractivity contribution in [2.24, 2.45) is 0 Å². The number of ether oxygens (including phenoxy) is 1. The molecule has 1 heterocycles. The SMILES string of the molecule is O=c1c2ccccc2nc(C=Cc2ccc(OCc3ccc(Cl)c(Cl)c3)cc2)n1-c1cccc(F)c1. The Morgan fingerprint density at radius 1 is 0.861 bits per heavy atom. The van der Waals surface area contributed by atoms with Crippen LogP contribution in [0, 0.1) is 5.82 Å². The summed E-state index contributed by atoms with van der Waals surface area (Å²) in [6, 6.07) is 25.9. The van der Waals surface area contributed by atoms with Gasteiger partial charge >= 0.3 is 0 Å². The molecule has 0 bridgehead atoms. The fourth-order valence-electron chi connectivity index (χ4n) is 3.77. The van der Waals surface area contributed by atoms with Crippen molar-refractivity contribution in [3.05, 3.63) is 134 Å². The maximum atomic E-state index is 13.9. The molecule has 5 aromatic rings. The number of aromatic nitrogens is 2. The van der Waals surface area contributed by atoms with Gasteiger partial charge in [-0.05, 0) is 71.8 Å². The summed E-state index contributed by atoms with van der Waals surface area (Å²) in [6.45, 7) is 0.354. The highest BCUT2D eigenvalue weighted by atomic mass is 35.5. The Morgan fingerprint density at radius 3 is 2.44 bits per heavy atom. The van der Waals surface area contributed by atoms with Crippen LogP contribution in [0.15, 0.2) is 95.8 Å². The zero-order valence-electron chi connectivity index (χ0n) is 18.9. The molecular formula is C29H19Cl2FN2O2. The standard InChI is InChI=1S/C29H19Cl2FN2O2/c30-25-14-10-20(16-26(25)31)18-36-23-12-8-19(9-13-23)11-15-28-33-27-7-2-1-6-24(27)29(35)34(28)22-5-3-4-21(32)17-22/h1-17H,18H2. The topological polar surface area (TPSA) is 44.1 Å². The average molecular weight is 517 g/mol. The van der Waals surface area contributed by atoms with E-state index in [4.69, 9.17) is 27.9 Å². The largest absolute Gasteiger partial charge is 0.489 e. The lowest BCUT2D eigenvalue weighted by Crippen LogP contribution is -2.22. The first kappa shape index (κ1) is 23.8. The Morgan fingerprint density at radius 2 is 1.67 bits per heavy atom. The molecular weight excluding hydrogens is 498 g/mol. The van der Waals surface area contributed by atoms with Gasteiger partial charge in [0.2, 0.25) is 0 Å². The molecule has 0 aliphatic carbocycles. The van der Waals surface area contributed by atoms with Crippen LogP contribution < -0.4 is 10.3 Å². The number of benzene rings is 4. The lowest BCUT2D eigenvalue weighted by Gasteiger charge is -2.11. The molecule has 0 amide bonds. The maximum absolute atomic E-state index is 13.9. The normalized spacial score (nSPS) is 11.3. The Bertz CT molecular complexity index is 1650. The van der Waals surface area contributed by atoms with Crippen LogP contribution in [0.5, 0.6) is 5.75 Å². The van der Waals surface area contributed by atoms with E-state index in [9.17, 15) is 9.18 Å². The first-order chi connectivity index (χ1) is 17.5. The van der Waals surface area contributed by atoms with Crippen molar-refractivity contribution in [2.45, 2.75) is 6.61 Å². The van der Waals surface area contributed by atoms with E-state index < -0.39 is 5.82 Å². The van der Waals surface area contributed by atoms with Gasteiger partial charge in [-0.3, -0.25) is 9.36 Å². The van der Waals surface area contributed by atoms with Crippen LogP contribution in [-0.4, -0.2) is 9.55 Å². The van der Waals surface area contributed by atoms with E-state index in [1.54, 1.807) is 48.5 Å². The molecule has 0 fully saturated rings. The maximum Gasteiger partial charge on any atom is 0.266 e. The minimum absolute atomic E-state index is 0.267. The third-order valence-corrected chi connectivity index (χ3v) is 6.30. The molecule has 1 aromatic heterocycles. The summed E-state index contributed by atoms with van der Waals surface area (Å²) in [5, 5.41) is 1.44. The molecule has 0 saturated heterocycles. The first-order valence-electron chi connectivity index (χ1n) is 11.1. The lowest BCUT2D eigenvalue weighted by atomic mass is 10.2. The Hall–Kier alpha value is -3.93. The van der Waals surface area contributed by atoms with Crippen LogP contribution in [0.25, 0.3) is 28.7 Å². The number of para-hydroxylation sites is 1. The Kier molecular flexibility index (Phi) is 6.85. The van der Waals surface area contributed by atoms with Gasteiger partial charge in [-0.25, -0.2) is 9.37 Å². The van der Waals surface area contributed by atoms with Gasteiger partial charge in [-0.15, -0.1) is 0 Å². The summed E-state index contributed by atoms with van der Waals surface area (Å²) < 4.78 is 21.2. The van der Waals surface area contributed by atoms with Gasteiger partial charge < -0.3 is 4.74 Å². The summed E-state index contributed by atoms with van der Waals surface area (Å²) in [6.07, 6.45) is 3.58. The van der Waals surface area contributed by atoms with Crippen LogP contribution in [0.2, 0.25) is 10.0 Å². The van der Waals surface area contributed by atoms with Gasteiger partial charge in [0.1, 0.15) is 24.0 Å². The van der Waals surface area contributed by atoms with Crippen LogP contribution >= 0.6 is 23.2 Å². The van der Waals surface area contributed by atoms with E-state index in [-0.39, 0.29) is 5.56 Å². The van der Waals surface area contributed by atoms with Crippen LogP contribution in [0.1, 0.15) is 17.0 Å². The Labute approximate surface area is 216 Å². The molecule has 0 saturated carbocycles. The predicted octanol–water partition coefficient (Wildman–Crippen LogP) is 7.58. The summed E-state index contributed by atoms with van der Waals surface area (Å²) in [5.41, 5.74) is 2.50. The van der Waals surface area contributed by atoms with Crippen LogP contribution in [0.4, 0.5) is 4.39 Å². The average Bonchev–Trinajstić information content (AvgIpc) is 2.89. The smallest absolute Gasteiger partial charge is 0.266 e. The highest BCUT2D eigenvalue weighted by Crippen LogP contribution is 2.24. The summed E-state index contributed by atoms with van der Waals surface area (Å²) in [4.78, 5) is 17.9. The molecule has 5 rings (SSSR count). The van der Waals surface area contributed by atoms with Crippen molar-refractivity contribution in [1.29, 1.82) is 0 Å². The highest BCUT2D eigenvalue weighted by Gasteiger charge is 2.11. The molecule has 0 aliphatic rings. The quantitative estimate of drug-likeness (QED) is 0.233. The van der Waals surface area contributed by atoms with Crippen molar-refractivity contribution in [2.75, 3.05) is 0 Å². The third kappa shape index (κ3) is 5.18. The van der Waals surface area contributed by atoms with E-state index in [0.29, 0.717) is 44.8 Å². The van der Waals surface area contributed by atoms with Crippen molar-refractivity contribution in [3.63, 3.8) is 0 Å².